The van der Waals surface area contributed by atoms with Crippen LogP contribution in [-0.4, -0.2) is 33.2 Å². The van der Waals surface area contributed by atoms with E-state index in [2.05, 4.69) is 57.3 Å². The average Bonchev–Trinajstić information content (AvgIpc) is 3.22. The molecule has 5 rings (SSSR count). The van der Waals surface area contributed by atoms with Crippen molar-refractivity contribution >= 4 is 10.9 Å². The number of rotatable bonds is 3. The second-order valence-corrected chi connectivity index (χ2v) is 7.31. The van der Waals surface area contributed by atoms with Crippen LogP contribution in [-0.2, 0) is 6.54 Å². The summed E-state index contributed by atoms with van der Waals surface area (Å²) in [4.78, 5) is 5.59. The zero-order valence-electron chi connectivity index (χ0n) is 15.7. The third kappa shape index (κ3) is 2.79. The number of aromatic amines is 1. The molecule has 0 spiro atoms. The number of benzene rings is 2. The summed E-state index contributed by atoms with van der Waals surface area (Å²) in [6.07, 6.45) is 3.56. The van der Waals surface area contributed by atoms with Crippen LogP contribution in [0.3, 0.4) is 0 Å². The number of nitrogens with one attached hydrogen (secondary N) is 1. The minimum Gasteiger partial charge on any atom is -0.361 e. The second kappa shape index (κ2) is 6.84. The smallest absolute Gasteiger partial charge is 0.137 e. The standard InChI is InChI=1S/C23H21FN4/c1-2-28-13-19(16-6-5-15-9-11-25-22(15)12-16)17-7-8-18(23(24)20(17)14-28)21-4-3-10-26-27-21/h3-12,19,25H,2,13-14H2,1H3. The van der Waals surface area contributed by atoms with Crippen molar-refractivity contribution in [2.24, 2.45) is 0 Å². The van der Waals surface area contributed by atoms with Crippen molar-refractivity contribution in [3.63, 3.8) is 0 Å². The van der Waals surface area contributed by atoms with Crippen LogP contribution in [0.5, 0.6) is 0 Å². The molecular weight excluding hydrogens is 351 g/mol. The lowest BCUT2D eigenvalue weighted by Crippen LogP contribution is -2.34. The summed E-state index contributed by atoms with van der Waals surface area (Å²) >= 11 is 0. The molecule has 0 fully saturated rings. The monoisotopic (exact) mass is 372 g/mol. The van der Waals surface area contributed by atoms with Gasteiger partial charge in [-0.15, -0.1) is 0 Å². The van der Waals surface area contributed by atoms with E-state index in [1.807, 2.05) is 12.3 Å². The first kappa shape index (κ1) is 17.1. The van der Waals surface area contributed by atoms with Gasteiger partial charge in [0.2, 0.25) is 0 Å². The minimum absolute atomic E-state index is 0.141. The summed E-state index contributed by atoms with van der Waals surface area (Å²) in [6, 6.07) is 16.1. The molecule has 2 aromatic carbocycles. The summed E-state index contributed by atoms with van der Waals surface area (Å²) in [5.41, 5.74) is 5.25. The first-order chi connectivity index (χ1) is 13.7. The van der Waals surface area contributed by atoms with Crippen molar-refractivity contribution in [3.05, 3.63) is 83.4 Å². The molecule has 5 heteroatoms. The SMILES string of the molecule is CCN1Cc2c(ccc(-c3cccnn3)c2F)C(c2ccc3cc[nH]c3c2)C1. The Morgan fingerprint density at radius 3 is 2.93 bits per heavy atom. The van der Waals surface area contributed by atoms with Crippen LogP contribution < -0.4 is 0 Å². The molecule has 28 heavy (non-hydrogen) atoms. The number of halogens is 1. The summed E-state index contributed by atoms with van der Waals surface area (Å²) < 4.78 is 15.5. The number of fused-ring (bicyclic) bond motifs is 2. The fourth-order valence-electron chi connectivity index (χ4n) is 4.22. The molecule has 0 aliphatic carbocycles. The quantitative estimate of drug-likeness (QED) is 0.565. The predicted octanol–water partition coefficient (Wildman–Crippen LogP) is 4.73. The van der Waals surface area contributed by atoms with E-state index in [0.29, 0.717) is 17.8 Å². The van der Waals surface area contributed by atoms with Gasteiger partial charge in [0.25, 0.3) is 0 Å². The maximum absolute atomic E-state index is 15.5. The van der Waals surface area contributed by atoms with Gasteiger partial charge in [-0.05, 0) is 53.4 Å². The predicted molar refractivity (Wildman–Crippen MR) is 109 cm³/mol. The van der Waals surface area contributed by atoms with Crippen LogP contribution in [0.4, 0.5) is 4.39 Å². The molecule has 2 aromatic heterocycles. The van der Waals surface area contributed by atoms with Crippen molar-refractivity contribution in [2.45, 2.75) is 19.4 Å². The highest BCUT2D eigenvalue weighted by molar-refractivity contribution is 5.80. The average molecular weight is 372 g/mol. The molecule has 0 saturated carbocycles. The highest BCUT2D eigenvalue weighted by Gasteiger charge is 2.29. The van der Waals surface area contributed by atoms with Gasteiger partial charge in [0.1, 0.15) is 5.82 Å². The van der Waals surface area contributed by atoms with Crippen molar-refractivity contribution < 1.29 is 4.39 Å². The molecule has 3 heterocycles. The van der Waals surface area contributed by atoms with Crippen molar-refractivity contribution in [2.75, 3.05) is 13.1 Å². The summed E-state index contributed by atoms with van der Waals surface area (Å²) in [5.74, 6) is -0.0380. The van der Waals surface area contributed by atoms with E-state index in [-0.39, 0.29) is 11.7 Å². The minimum atomic E-state index is -0.179. The Bertz CT molecular complexity index is 1140. The van der Waals surface area contributed by atoms with E-state index in [4.69, 9.17) is 0 Å². The molecule has 1 aliphatic rings. The van der Waals surface area contributed by atoms with Crippen molar-refractivity contribution in [1.82, 2.24) is 20.1 Å². The third-order valence-electron chi connectivity index (χ3n) is 5.75. The largest absolute Gasteiger partial charge is 0.361 e. The van der Waals surface area contributed by atoms with E-state index in [1.54, 1.807) is 18.3 Å². The van der Waals surface area contributed by atoms with Crippen LogP contribution in [0.2, 0.25) is 0 Å². The number of nitrogens with zero attached hydrogens (tertiary/aromatic N) is 3. The van der Waals surface area contributed by atoms with Gasteiger partial charge < -0.3 is 4.98 Å². The Labute approximate surface area is 163 Å². The Kier molecular flexibility index (Phi) is 4.17. The van der Waals surface area contributed by atoms with Crippen molar-refractivity contribution in [3.8, 4) is 11.3 Å². The van der Waals surface area contributed by atoms with Gasteiger partial charge in [-0.3, -0.25) is 4.90 Å². The van der Waals surface area contributed by atoms with Crippen LogP contribution >= 0.6 is 0 Å². The number of H-pyrrole nitrogens is 1. The number of hydrogen-bond acceptors (Lipinski definition) is 3. The zero-order chi connectivity index (χ0) is 19.1. The molecule has 1 unspecified atom stereocenters. The molecule has 1 aliphatic heterocycles. The van der Waals surface area contributed by atoms with Gasteiger partial charge in [0.15, 0.2) is 0 Å². The van der Waals surface area contributed by atoms with Gasteiger partial charge in [-0.1, -0.05) is 25.1 Å². The summed E-state index contributed by atoms with van der Waals surface area (Å²) in [7, 11) is 0. The van der Waals surface area contributed by atoms with E-state index < -0.39 is 0 Å². The Balaban J connectivity index is 1.64. The van der Waals surface area contributed by atoms with E-state index >= 15 is 4.39 Å². The van der Waals surface area contributed by atoms with Gasteiger partial charge in [-0.2, -0.15) is 10.2 Å². The van der Waals surface area contributed by atoms with Gasteiger partial charge >= 0.3 is 0 Å². The first-order valence-electron chi connectivity index (χ1n) is 9.63. The maximum Gasteiger partial charge on any atom is 0.137 e. The lowest BCUT2D eigenvalue weighted by Gasteiger charge is -2.35. The fraction of sp³-hybridized carbons (Fsp3) is 0.217. The molecule has 4 aromatic rings. The van der Waals surface area contributed by atoms with Crippen LogP contribution in [0.25, 0.3) is 22.2 Å². The molecule has 1 N–H and O–H groups in total. The maximum atomic E-state index is 15.5. The molecule has 0 bridgehead atoms. The van der Waals surface area contributed by atoms with Crippen molar-refractivity contribution in [1.29, 1.82) is 0 Å². The molecular formula is C23H21FN4. The summed E-state index contributed by atoms with van der Waals surface area (Å²) in [5, 5.41) is 9.19. The molecule has 0 radical (unpaired) electrons. The zero-order valence-corrected chi connectivity index (χ0v) is 15.7. The first-order valence-corrected chi connectivity index (χ1v) is 9.63. The van der Waals surface area contributed by atoms with Crippen LogP contribution in [0.1, 0.15) is 29.5 Å². The number of aromatic nitrogens is 3. The van der Waals surface area contributed by atoms with Gasteiger partial charge in [0, 0.05) is 48.0 Å². The highest BCUT2D eigenvalue weighted by atomic mass is 19.1. The molecule has 0 amide bonds. The van der Waals surface area contributed by atoms with Crippen LogP contribution in [0.15, 0.2) is 60.9 Å². The van der Waals surface area contributed by atoms with Gasteiger partial charge in [0.05, 0.1) is 5.69 Å². The van der Waals surface area contributed by atoms with E-state index in [9.17, 15) is 0 Å². The molecule has 4 nitrogen and oxygen atoms in total. The Hall–Kier alpha value is -3.05. The lowest BCUT2D eigenvalue weighted by molar-refractivity contribution is 0.248. The lowest BCUT2D eigenvalue weighted by atomic mass is 9.83. The topological polar surface area (TPSA) is 44.8 Å². The fourth-order valence-corrected chi connectivity index (χ4v) is 4.22. The Morgan fingerprint density at radius 2 is 2.11 bits per heavy atom. The molecule has 140 valence electrons. The molecule has 0 saturated heterocycles. The number of hydrogen-bond donors (Lipinski definition) is 1. The van der Waals surface area contributed by atoms with E-state index in [0.717, 1.165) is 29.7 Å². The highest BCUT2D eigenvalue weighted by Crippen LogP contribution is 2.38. The third-order valence-corrected chi connectivity index (χ3v) is 5.75. The van der Waals surface area contributed by atoms with E-state index in [1.165, 1.54) is 10.9 Å². The normalized spacial score (nSPS) is 17.0. The Morgan fingerprint density at radius 1 is 1.18 bits per heavy atom. The van der Waals surface area contributed by atoms with Crippen LogP contribution in [0, 0.1) is 5.82 Å². The number of likely N-dealkylation sites (N-methyl/N-ethyl adjacent to an activating group) is 1. The van der Waals surface area contributed by atoms with Gasteiger partial charge in [-0.25, -0.2) is 4.39 Å². The summed E-state index contributed by atoms with van der Waals surface area (Å²) in [6.45, 7) is 4.52. The molecule has 1 atom stereocenters. The second-order valence-electron chi connectivity index (χ2n) is 7.31.